The molecule has 84 valence electrons. The summed E-state index contributed by atoms with van der Waals surface area (Å²) in [7, 11) is 0. The lowest BCUT2D eigenvalue weighted by Gasteiger charge is -2.29. The molecule has 1 unspecified atom stereocenters. The van der Waals surface area contributed by atoms with E-state index in [1.54, 1.807) is 0 Å². The van der Waals surface area contributed by atoms with Crippen LogP contribution < -0.4 is 5.73 Å². The first-order valence-corrected chi connectivity index (χ1v) is 5.82. The van der Waals surface area contributed by atoms with Crippen molar-refractivity contribution in [3.63, 3.8) is 0 Å². The fourth-order valence-corrected chi connectivity index (χ4v) is 2.15. The highest BCUT2D eigenvalue weighted by molar-refractivity contribution is 5.48. The van der Waals surface area contributed by atoms with Crippen LogP contribution in [0, 0.1) is 0 Å². The molecule has 0 bridgehead atoms. The Morgan fingerprint density at radius 2 is 1.73 bits per heavy atom. The van der Waals surface area contributed by atoms with Crippen molar-refractivity contribution >= 4 is 5.69 Å². The van der Waals surface area contributed by atoms with Crippen LogP contribution in [-0.4, -0.2) is 18.0 Å². The minimum Gasteiger partial charge on any atom is -0.398 e. The van der Waals surface area contributed by atoms with Gasteiger partial charge in [-0.3, -0.25) is 4.90 Å². The number of hydrogen-bond donors (Lipinski definition) is 1. The number of rotatable bonds is 5. The predicted molar refractivity (Wildman–Crippen MR) is 66.8 cm³/mol. The number of para-hydroxylation sites is 1. The molecular weight excluding hydrogens is 184 g/mol. The van der Waals surface area contributed by atoms with E-state index in [4.69, 9.17) is 5.73 Å². The molecule has 1 aromatic rings. The van der Waals surface area contributed by atoms with Crippen LogP contribution in [0.4, 0.5) is 5.69 Å². The maximum Gasteiger partial charge on any atom is 0.0365 e. The summed E-state index contributed by atoms with van der Waals surface area (Å²) >= 11 is 0. The van der Waals surface area contributed by atoms with Crippen LogP contribution in [-0.2, 0) is 0 Å². The Labute approximate surface area is 93.1 Å². The Balaban J connectivity index is 2.96. The van der Waals surface area contributed by atoms with Crippen LogP contribution in [0.1, 0.15) is 38.8 Å². The molecule has 2 nitrogen and oxygen atoms in total. The molecule has 0 saturated carbocycles. The van der Waals surface area contributed by atoms with E-state index in [0.29, 0.717) is 6.04 Å². The maximum atomic E-state index is 6.02. The number of nitrogens with two attached hydrogens (primary N) is 1. The molecule has 0 aliphatic carbocycles. The molecule has 0 aliphatic heterocycles. The van der Waals surface area contributed by atoms with Gasteiger partial charge < -0.3 is 5.73 Å². The molecular formula is C13H22N2. The Kier molecular flexibility index (Phi) is 4.63. The van der Waals surface area contributed by atoms with Gasteiger partial charge in [-0.2, -0.15) is 0 Å². The van der Waals surface area contributed by atoms with Gasteiger partial charge in [0.25, 0.3) is 0 Å². The van der Waals surface area contributed by atoms with Gasteiger partial charge in [-0.1, -0.05) is 39.0 Å². The average Bonchev–Trinajstić information content (AvgIpc) is 2.27. The van der Waals surface area contributed by atoms with Crippen LogP contribution in [0.5, 0.6) is 0 Å². The summed E-state index contributed by atoms with van der Waals surface area (Å²) in [6, 6.07) is 8.65. The van der Waals surface area contributed by atoms with E-state index in [9.17, 15) is 0 Å². The van der Waals surface area contributed by atoms with Crippen molar-refractivity contribution in [2.24, 2.45) is 0 Å². The van der Waals surface area contributed by atoms with E-state index in [2.05, 4.69) is 37.8 Å². The molecule has 1 rings (SSSR count). The Bertz CT molecular complexity index is 292. The largest absolute Gasteiger partial charge is 0.398 e. The highest BCUT2D eigenvalue weighted by atomic mass is 15.1. The van der Waals surface area contributed by atoms with E-state index in [1.165, 1.54) is 5.56 Å². The van der Waals surface area contributed by atoms with Gasteiger partial charge in [0.2, 0.25) is 0 Å². The van der Waals surface area contributed by atoms with Gasteiger partial charge >= 0.3 is 0 Å². The van der Waals surface area contributed by atoms with Gasteiger partial charge in [0.05, 0.1) is 0 Å². The molecule has 1 aromatic carbocycles. The molecule has 2 N–H and O–H groups in total. The zero-order valence-electron chi connectivity index (χ0n) is 10.0. The van der Waals surface area contributed by atoms with E-state index in [-0.39, 0.29) is 0 Å². The fourth-order valence-electron chi connectivity index (χ4n) is 2.15. The van der Waals surface area contributed by atoms with E-state index < -0.39 is 0 Å². The molecule has 1 atom stereocenters. The molecule has 2 heteroatoms. The maximum absolute atomic E-state index is 6.02. The molecule has 0 aromatic heterocycles. The van der Waals surface area contributed by atoms with E-state index in [0.717, 1.165) is 25.2 Å². The van der Waals surface area contributed by atoms with Crippen molar-refractivity contribution < 1.29 is 0 Å². The lowest BCUT2D eigenvalue weighted by molar-refractivity contribution is 0.214. The Morgan fingerprint density at radius 1 is 1.13 bits per heavy atom. The summed E-state index contributed by atoms with van der Waals surface area (Å²) < 4.78 is 0. The van der Waals surface area contributed by atoms with E-state index in [1.807, 2.05) is 12.1 Å². The topological polar surface area (TPSA) is 29.3 Å². The van der Waals surface area contributed by atoms with Gasteiger partial charge in [-0.15, -0.1) is 0 Å². The summed E-state index contributed by atoms with van der Waals surface area (Å²) in [5, 5.41) is 0. The van der Waals surface area contributed by atoms with Crippen molar-refractivity contribution in [1.82, 2.24) is 4.90 Å². The number of anilines is 1. The molecule has 0 heterocycles. The van der Waals surface area contributed by atoms with Crippen molar-refractivity contribution in [2.75, 3.05) is 18.8 Å². The van der Waals surface area contributed by atoms with Crippen LogP contribution in [0.25, 0.3) is 0 Å². The minimum absolute atomic E-state index is 0.459. The van der Waals surface area contributed by atoms with Crippen molar-refractivity contribution in [1.29, 1.82) is 0 Å². The lowest BCUT2D eigenvalue weighted by Crippen LogP contribution is -2.28. The summed E-state index contributed by atoms with van der Waals surface area (Å²) in [5.74, 6) is 0. The summed E-state index contributed by atoms with van der Waals surface area (Å²) in [6.45, 7) is 8.76. The number of benzene rings is 1. The van der Waals surface area contributed by atoms with Crippen molar-refractivity contribution in [2.45, 2.75) is 33.2 Å². The average molecular weight is 206 g/mol. The van der Waals surface area contributed by atoms with Gasteiger partial charge in [-0.05, 0) is 31.1 Å². The first kappa shape index (κ1) is 12.1. The van der Waals surface area contributed by atoms with Crippen molar-refractivity contribution in [3.8, 4) is 0 Å². The van der Waals surface area contributed by atoms with Crippen LogP contribution >= 0.6 is 0 Å². The summed E-state index contributed by atoms with van der Waals surface area (Å²) in [5.41, 5.74) is 8.20. The zero-order valence-corrected chi connectivity index (χ0v) is 10.0. The highest BCUT2D eigenvalue weighted by Crippen LogP contribution is 2.27. The molecule has 0 saturated heterocycles. The smallest absolute Gasteiger partial charge is 0.0365 e. The minimum atomic E-state index is 0.459. The molecule has 0 aliphatic rings. The third-order valence-electron chi connectivity index (χ3n) is 2.99. The molecule has 15 heavy (non-hydrogen) atoms. The molecule has 0 spiro atoms. The SMILES string of the molecule is CCC(c1ccccc1N)N(CC)CC. The second-order valence-electron chi connectivity index (χ2n) is 3.77. The standard InChI is InChI=1S/C13H22N2/c1-4-13(15(5-2)6-3)11-9-7-8-10-12(11)14/h7-10,13H,4-6,14H2,1-3H3. The third-order valence-corrected chi connectivity index (χ3v) is 2.99. The third kappa shape index (κ3) is 2.72. The first-order chi connectivity index (χ1) is 7.24. The zero-order chi connectivity index (χ0) is 11.3. The normalized spacial score (nSPS) is 13.1. The number of nitrogens with zero attached hydrogens (tertiary/aromatic N) is 1. The second-order valence-corrected chi connectivity index (χ2v) is 3.77. The number of hydrogen-bond acceptors (Lipinski definition) is 2. The quantitative estimate of drug-likeness (QED) is 0.750. The fraction of sp³-hybridized carbons (Fsp3) is 0.538. The summed E-state index contributed by atoms with van der Waals surface area (Å²) in [6.07, 6.45) is 1.11. The summed E-state index contributed by atoms with van der Waals surface area (Å²) in [4.78, 5) is 2.45. The molecule has 0 amide bonds. The van der Waals surface area contributed by atoms with Gasteiger partial charge in [0, 0.05) is 11.7 Å². The predicted octanol–water partition coefficient (Wildman–Crippen LogP) is 3.06. The van der Waals surface area contributed by atoms with Gasteiger partial charge in [-0.25, -0.2) is 0 Å². The molecule has 0 fully saturated rings. The highest BCUT2D eigenvalue weighted by Gasteiger charge is 2.17. The van der Waals surface area contributed by atoms with Crippen molar-refractivity contribution in [3.05, 3.63) is 29.8 Å². The lowest BCUT2D eigenvalue weighted by atomic mass is 10.0. The van der Waals surface area contributed by atoms with Crippen LogP contribution in [0.3, 0.4) is 0 Å². The Morgan fingerprint density at radius 3 is 2.20 bits per heavy atom. The van der Waals surface area contributed by atoms with Gasteiger partial charge in [0.15, 0.2) is 0 Å². The second kappa shape index (κ2) is 5.76. The monoisotopic (exact) mass is 206 g/mol. The Hall–Kier alpha value is -1.02. The van der Waals surface area contributed by atoms with Crippen LogP contribution in [0.2, 0.25) is 0 Å². The molecule has 0 radical (unpaired) electrons. The van der Waals surface area contributed by atoms with E-state index >= 15 is 0 Å². The number of nitrogen functional groups attached to an aromatic ring is 1. The van der Waals surface area contributed by atoms with Gasteiger partial charge in [0.1, 0.15) is 0 Å². The van der Waals surface area contributed by atoms with Crippen LogP contribution in [0.15, 0.2) is 24.3 Å². The first-order valence-electron chi connectivity index (χ1n) is 5.82.